The summed E-state index contributed by atoms with van der Waals surface area (Å²) in [5.41, 5.74) is 7.10. The van der Waals surface area contributed by atoms with Crippen LogP contribution >= 0.6 is 0 Å². The molecular formula is C42H39N3O9. The molecule has 8 rings (SSSR count). The largest absolute Gasteiger partial charge is 0.493 e. The first-order chi connectivity index (χ1) is 26.2. The van der Waals surface area contributed by atoms with Crippen molar-refractivity contribution in [2.24, 2.45) is 4.99 Å². The third-order valence-corrected chi connectivity index (χ3v) is 10.4. The van der Waals surface area contributed by atoms with Crippen LogP contribution in [0.3, 0.4) is 0 Å². The number of ether oxygens (including phenoxy) is 4. The fourth-order valence-electron chi connectivity index (χ4n) is 7.82. The number of carbonyl (C=O) groups excluding carboxylic acids is 3. The first kappa shape index (κ1) is 34.9. The Hall–Kier alpha value is -6.17. The van der Waals surface area contributed by atoms with Gasteiger partial charge < -0.3 is 29.0 Å². The first-order valence-corrected chi connectivity index (χ1v) is 18.1. The number of rotatable bonds is 11. The van der Waals surface area contributed by atoms with Crippen molar-refractivity contribution in [2.75, 3.05) is 30.1 Å². The summed E-state index contributed by atoms with van der Waals surface area (Å²) in [6, 6.07) is 20.3. The molecule has 4 heterocycles. The molecule has 4 aliphatic heterocycles. The van der Waals surface area contributed by atoms with E-state index in [-0.39, 0.29) is 36.7 Å². The lowest BCUT2D eigenvalue weighted by Gasteiger charge is -2.23. The number of carboxylic acids is 1. The van der Waals surface area contributed by atoms with E-state index in [9.17, 15) is 19.2 Å². The summed E-state index contributed by atoms with van der Waals surface area (Å²) >= 11 is 0. The van der Waals surface area contributed by atoms with E-state index < -0.39 is 11.9 Å². The quantitative estimate of drug-likeness (QED) is 0.105. The maximum absolute atomic E-state index is 13.9. The van der Waals surface area contributed by atoms with Gasteiger partial charge in [0.25, 0.3) is 11.8 Å². The number of nitrogens with zero attached hydrogens (tertiary/aromatic N) is 3. The molecule has 0 fully saturated rings. The molecule has 0 bridgehead atoms. The summed E-state index contributed by atoms with van der Waals surface area (Å²) in [4.78, 5) is 58.8. The van der Waals surface area contributed by atoms with Crippen molar-refractivity contribution < 1.29 is 43.2 Å². The van der Waals surface area contributed by atoms with Crippen molar-refractivity contribution in [3.05, 3.63) is 100 Å². The fourth-order valence-corrected chi connectivity index (χ4v) is 7.82. The zero-order valence-electron chi connectivity index (χ0n) is 30.0. The molecule has 2 amide bonds. The summed E-state index contributed by atoms with van der Waals surface area (Å²) < 4.78 is 23.3. The number of esters is 1. The minimum Gasteiger partial charge on any atom is -0.493 e. The van der Waals surface area contributed by atoms with Crippen LogP contribution in [0.4, 0.5) is 17.1 Å². The van der Waals surface area contributed by atoms with Gasteiger partial charge in [0.1, 0.15) is 11.5 Å². The molecular weight excluding hydrogens is 690 g/mol. The molecule has 4 aromatic carbocycles. The number of hydrogen-bond donors (Lipinski definition) is 1. The molecule has 0 unspecified atom stereocenters. The van der Waals surface area contributed by atoms with Gasteiger partial charge in [-0.3, -0.25) is 29.1 Å². The smallest absolute Gasteiger partial charge is 0.311 e. The van der Waals surface area contributed by atoms with E-state index in [2.05, 4.69) is 11.1 Å². The molecule has 276 valence electrons. The molecule has 12 nitrogen and oxygen atoms in total. The second-order valence-electron chi connectivity index (χ2n) is 13.9. The van der Waals surface area contributed by atoms with Crippen LogP contribution in [-0.4, -0.2) is 67.5 Å². The summed E-state index contributed by atoms with van der Waals surface area (Å²) in [7, 11) is 1.58. The number of aliphatic imine (C=N–C) groups is 1. The maximum atomic E-state index is 13.9. The van der Waals surface area contributed by atoms with Crippen LogP contribution in [0.2, 0.25) is 0 Å². The van der Waals surface area contributed by atoms with Gasteiger partial charge in [-0.15, -0.1) is 0 Å². The standard InChI is InChI=1S/C42H39N3O9/c1-24-16-32-33(43-23-29-18-27-19-30(54-40(48)13-12-39(46)47)10-11-35(27)45(29)42(32)50)22-36(24)52-14-5-15-53-38-20-25-8-9-28-17-26-6-3-4-7-34(26)44(28)41(49)31(25)21-37(38)51-2/h3-4,6-7,10-11,16,19-23,28-29H,5,8-9,12-15,17-18H2,1-2H3,(H,46,47)/t28-,29+/m1/s1. The van der Waals surface area contributed by atoms with Crippen LogP contribution in [0.25, 0.3) is 0 Å². The highest BCUT2D eigenvalue weighted by Crippen LogP contribution is 2.42. The lowest BCUT2D eigenvalue weighted by Crippen LogP contribution is -2.37. The normalized spacial score (nSPS) is 17.7. The van der Waals surface area contributed by atoms with Gasteiger partial charge >= 0.3 is 11.9 Å². The molecule has 1 N–H and O–H groups in total. The highest BCUT2D eigenvalue weighted by Gasteiger charge is 2.38. The van der Waals surface area contributed by atoms with Crippen molar-refractivity contribution >= 4 is 47.0 Å². The number of para-hydroxylation sites is 1. The third kappa shape index (κ3) is 6.52. The molecule has 0 aliphatic carbocycles. The highest BCUT2D eigenvalue weighted by molar-refractivity contribution is 6.14. The van der Waals surface area contributed by atoms with E-state index >= 15 is 0 Å². The summed E-state index contributed by atoms with van der Waals surface area (Å²) in [5, 5.41) is 8.83. The van der Waals surface area contributed by atoms with Gasteiger partial charge in [0.2, 0.25) is 0 Å². The van der Waals surface area contributed by atoms with Crippen LogP contribution in [0.15, 0.2) is 71.7 Å². The second-order valence-corrected chi connectivity index (χ2v) is 13.9. The molecule has 4 aromatic rings. The van der Waals surface area contributed by atoms with Gasteiger partial charge in [-0.05, 0) is 90.9 Å². The highest BCUT2D eigenvalue weighted by atomic mass is 16.5. The van der Waals surface area contributed by atoms with Crippen molar-refractivity contribution in [1.29, 1.82) is 0 Å². The Balaban J connectivity index is 0.893. The molecule has 12 heteroatoms. The number of carbonyl (C=O) groups is 4. The summed E-state index contributed by atoms with van der Waals surface area (Å²) in [5.74, 6) is 0.130. The van der Waals surface area contributed by atoms with E-state index in [0.717, 1.165) is 41.6 Å². The van der Waals surface area contributed by atoms with E-state index in [1.807, 2.05) is 36.1 Å². The molecule has 54 heavy (non-hydrogen) atoms. The molecule has 0 saturated carbocycles. The Morgan fingerprint density at radius 1 is 0.815 bits per heavy atom. The van der Waals surface area contributed by atoms with Crippen LogP contribution < -0.4 is 28.7 Å². The summed E-state index contributed by atoms with van der Waals surface area (Å²) in [6.07, 6.45) is 4.77. The number of fused-ring (bicyclic) bond motifs is 8. The van der Waals surface area contributed by atoms with E-state index in [1.54, 1.807) is 54.6 Å². The molecule has 2 atom stereocenters. The first-order valence-electron chi connectivity index (χ1n) is 18.1. The Morgan fingerprint density at radius 3 is 2.41 bits per heavy atom. The van der Waals surface area contributed by atoms with Crippen molar-refractivity contribution in [2.45, 2.75) is 64.0 Å². The lowest BCUT2D eigenvalue weighted by atomic mass is 9.99. The van der Waals surface area contributed by atoms with Crippen molar-refractivity contribution in [1.82, 2.24) is 0 Å². The maximum Gasteiger partial charge on any atom is 0.311 e. The monoisotopic (exact) mass is 729 g/mol. The minimum absolute atomic E-state index is 0.00574. The van der Waals surface area contributed by atoms with Gasteiger partial charge in [0.05, 0.1) is 50.5 Å². The number of carboxylic acid groups (broad SMARTS) is 1. The average molecular weight is 730 g/mol. The number of amides is 2. The van der Waals surface area contributed by atoms with E-state index in [0.29, 0.717) is 71.6 Å². The van der Waals surface area contributed by atoms with Crippen LogP contribution in [-0.2, 0) is 28.9 Å². The summed E-state index contributed by atoms with van der Waals surface area (Å²) in [6.45, 7) is 2.62. The number of methoxy groups -OCH3 is 1. The second kappa shape index (κ2) is 14.3. The van der Waals surface area contributed by atoms with E-state index in [1.165, 1.54) is 5.56 Å². The topological polar surface area (TPSA) is 144 Å². The zero-order valence-corrected chi connectivity index (χ0v) is 30.0. The number of aryl methyl sites for hydroxylation is 2. The van der Waals surface area contributed by atoms with Crippen LogP contribution in [0.5, 0.6) is 23.0 Å². The van der Waals surface area contributed by atoms with Crippen molar-refractivity contribution in [3.63, 3.8) is 0 Å². The van der Waals surface area contributed by atoms with Gasteiger partial charge in [-0.1, -0.05) is 18.2 Å². The number of hydrogen-bond acceptors (Lipinski definition) is 9. The number of aliphatic carboxylic acids is 1. The molecule has 4 aliphatic rings. The third-order valence-electron chi connectivity index (χ3n) is 10.4. The van der Waals surface area contributed by atoms with Gasteiger partial charge in [0, 0.05) is 48.1 Å². The predicted octanol–water partition coefficient (Wildman–Crippen LogP) is 6.43. The van der Waals surface area contributed by atoms with E-state index in [4.69, 9.17) is 24.1 Å². The SMILES string of the molecule is COc1cc2c(cc1OCCCOc1cc3c(cc1C)C(=O)N1c4ccc(OC(=O)CCC(=O)O)cc4C[C@H]1C=N3)CC[C@@H]1Cc3ccccc3N1C2=O. The molecule has 0 aromatic heterocycles. The van der Waals surface area contributed by atoms with Gasteiger partial charge in [0.15, 0.2) is 11.5 Å². The van der Waals surface area contributed by atoms with Crippen molar-refractivity contribution in [3.8, 4) is 23.0 Å². The average Bonchev–Trinajstić information content (AvgIpc) is 3.65. The number of benzene rings is 4. The molecule has 0 saturated heterocycles. The zero-order chi connectivity index (χ0) is 37.5. The Labute approximate surface area is 311 Å². The Kier molecular flexibility index (Phi) is 9.26. The van der Waals surface area contributed by atoms with Crippen LogP contribution in [0, 0.1) is 6.92 Å². The fraction of sp³-hybridized carbons (Fsp3) is 0.310. The van der Waals surface area contributed by atoms with Gasteiger partial charge in [-0.25, -0.2) is 0 Å². The Bertz CT molecular complexity index is 2230. The molecule has 0 spiro atoms. The Morgan fingerprint density at radius 2 is 1.59 bits per heavy atom. The van der Waals surface area contributed by atoms with Crippen LogP contribution in [0.1, 0.15) is 68.7 Å². The lowest BCUT2D eigenvalue weighted by molar-refractivity contribution is -0.142. The predicted molar refractivity (Wildman–Crippen MR) is 200 cm³/mol. The van der Waals surface area contributed by atoms with Gasteiger partial charge in [-0.2, -0.15) is 0 Å². The molecule has 0 radical (unpaired) electrons. The number of anilines is 2. The minimum atomic E-state index is -1.07.